The number of halogens is 1. The van der Waals surface area contributed by atoms with Crippen molar-refractivity contribution in [3.8, 4) is 0 Å². The van der Waals surface area contributed by atoms with Crippen molar-refractivity contribution < 1.29 is 29.3 Å². The molecule has 0 saturated heterocycles. The SMILES string of the molecule is CC(=O)SCCC(O)C(O)c1ccc(F)c(C(=O)O)c1. The molecule has 0 amide bonds. The van der Waals surface area contributed by atoms with Gasteiger partial charge in [0.15, 0.2) is 5.12 Å². The molecule has 1 rings (SSSR count). The molecule has 0 fully saturated rings. The lowest BCUT2D eigenvalue weighted by Crippen LogP contribution is -2.19. The predicted octanol–water partition coefficient (Wildman–Crippen LogP) is 1.59. The zero-order valence-corrected chi connectivity index (χ0v) is 11.6. The molecule has 7 heteroatoms. The second-order valence-electron chi connectivity index (χ2n) is 4.19. The third kappa shape index (κ3) is 4.59. The van der Waals surface area contributed by atoms with Crippen molar-refractivity contribution in [3.63, 3.8) is 0 Å². The molecule has 0 heterocycles. The van der Waals surface area contributed by atoms with E-state index in [-0.39, 0.29) is 17.1 Å². The Morgan fingerprint density at radius 2 is 2.00 bits per heavy atom. The smallest absolute Gasteiger partial charge is 0.338 e. The summed E-state index contributed by atoms with van der Waals surface area (Å²) in [6.07, 6.45) is -2.33. The molecule has 110 valence electrons. The lowest BCUT2D eigenvalue weighted by atomic mass is 10.0. The standard InChI is InChI=1S/C13H15FO5S/c1-7(15)20-5-4-11(16)12(17)8-2-3-10(14)9(6-8)13(18)19/h2-3,6,11-12,16-17H,4-5H2,1H3,(H,18,19). The molecule has 0 aliphatic heterocycles. The van der Waals surface area contributed by atoms with E-state index in [0.29, 0.717) is 5.75 Å². The van der Waals surface area contributed by atoms with Crippen LogP contribution in [0.3, 0.4) is 0 Å². The van der Waals surface area contributed by atoms with Crippen molar-refractivity contribution >= 4 is 22.8 Å². The summed E-state index contributed by atoms with van der Waals surface area (Å²) in [6, 6.07) is 3.14. The highest BCUT2D eigenvalue weighted by Crippen LogP contribution is 2.22. The number of carboxylic acids is 1. The average Bonchev–Trinajstić information content (AvgIpc) is 2.37. The van der Waals surface area contributed by atoms with Gasteiger partial charge in [0.05, 0.1) is 11.7 Å². The van der Waals surface area contributed by atoms with Crippen LogP contribution in [0, 0.1) is 5.82 Å². The molecule has 2 unspecified atom stereocenters. The first-order valence-electron chi connectivity index (χ1n) is 5.85. The van der Waals surface area contributed by atoms with Crippen LogP contribution in [-0.2, 0) is 4.79 Å². The highest BCUT2D eigenvalue weighted by molar-refractivity contribution is 8.13. The lowest BCUT2D eigenvalue weighted by Gasteiger charge is -2.18. The first-order chi connectivity index (χ1) is 9.32. The summed E-state index contributed by atoms with van der Waals surface area (Å²) in [5.74, 6) is -2.02. The van der Waals surface area contributed by atoms with E-state index in [1.54, 1.807) is 0 Å². The summed E-state index contributed by atoms with van der Waals surface area (Å²) in [6.45, 7) is 1.40. The fraction of sp³-hybridized carbons (Fsp3) is 0.385. The molecule has 0 bridgehead atoms. The van der Waals surface area contributed by atoms with Gasteiger partial charge >= 0.3 is 5.97 Å². The topological polar surface area (TPSA) is 94.8 Å². The number of benzene rings is 1. The summed E-state index contributed by atoms with van der Waals surface area (Å²) in [4.78, 5) is 21.5. The lowest BCUT2D eigenvalue weighted by molar-refractivity contribution is -0.109. The van der Waals surface area contributed by atoms with Gasteiger partial charge in [0.25, 0.3) is 0 Å². The zero-order chi connectivity index (χ0) is 15.3. The maximum atomic E-state index is 13.2. The van der Waals surface area contributed by atoms with Crippen LogP contribution in [0.1, 0.15) is 35.4 Å². The first kappa shape index (κ1) is 16.6. The van der Waals surface area contributed by atoms with Gasteiger partial charge in [-0.25, -0.2) is 9.18 Å². The Hall–Kier alpha value is -1.44. The van der Waals surface area contributed by atoms with Crippen LogP contribution in [0.25, 0.3) is 0 Å². The number of hydrogen-bond acceptors (Lipinski definition) is 5. The Balaban J connectivity index is 2.76. The van der Waals surface area contributed by atoms with Gasteiger partial charge in [-0.15, -0.1) is 0 Å². The molecule has 0 radical (unpaired) electrons. The number of aromatic carboxylic acids is 1. The van der Waals surface area contributed by atoms with Crippen molar-refractivity contribution in [2.24, 2.45) is 0 Å². The van der Waals surface area contributed by atoms with E-state index < -0.39 is 29.6 Å². The van der Waals surface area contributed by atoms with Gasteiger partial charge in [0.2, 0.25) is 0 Å². The maximum absolute atomic E-state index is 13.2. The minimum Gasteiger partial charge on any atom is -0.478 e. The molecule has 20 heavy (non-hydrogen) atoms. The fourth-order valence-corrected chi connectivity index (χ4v) is 2.24. The largest absolute Gasteiger partial charge is 0.478 e. The molecule has 3 N–H and O–H groups in total. The normalized spacial score (nSPS) is 13.8. The van der Waals surface area contributed by atoms with Crippen LogP contribution in [-0.4, -0.2) is 38.3 Å². The van der Waals surface area contributed by atoms with Crippen LogP contribution in [0.15, 0.2) is 18.2 Å². The zero-order valence-electron chi connectivity index (χ0n) is 10.7. The van der Waals surface area contributed by atoms with E-state index in [2.05, 4.69) is 0 Å². The molecular formula is C13H15FO5S. The van der Waals surface area contributed by atoms with Crippen molar-refractivity contribution in [1.29, 1.82) is 0 Å². The van der Waals surface area contributed by atoms with Gasteiger partial charge in [0, 0.05) is 12.7 Å². The third-order valence-corrected chi connectivity index (χ3v) is 3.49. The van der Waals surface area contributed by atoms with Crippen LogP contribution in [0.5, 0.6) is 0 Å². The molecule has 0 aliphatic rings. The van der Waals surface area contributed by atoms with Crippen LogP contribution >= 0.6 is 11.8 Å². The van der Waals surface area contributed by atoms with Crippen LogP contribution in [0.4, 0.5) is 4.39 Å². The molecule has 0 aliphatic carbocycles. The second kappa shape index (κ2) is 7.37. The minimum absolute atomic E-state index is 0.0957. The highest BCUT2D eigenvalue weighted by atomic mass is 32.2. The van der Waals surface area contributed by atoms with E-state index in [4.69, 9.17) is 5.11 Å². The van der Waals surface area contributed by atoms with Crippen molar-refractivity contribution in [1.82, 2.24) is 0 Å². The van der Waals surface area contributed by atoms with E-state index in [9.17, 15) is 24.2 Å². The monoisotopic (exact) mass is 302 g/mol. The summed E-state index contributed by atoms with van der Waals surface area (Å²) in [7, 11) is 0. The Morgan fingerprint density at radius 1 is 1.35 bits per heavy atom. The molecule has 0 aromatic heterocycles. The van der Waals surface area contributed by atoms with Gasteiger partial charge in [-0.05, 0) is 24.1 Å². The highest BCUT2D eigenvalue weighted by Gasteiger charge is 2.21. The number of carboxylic acid groups (broad SMARTS) is 1. The number of aliphatic hydroxyl groups is 2. The van der Waals surface area contributed by atoms with Gasteiger partial charge in [-0.2, -0.15) is 0 Å². The third-order valence-electron chi connectivity index (χ3n) is 2.65. The second-order valence-corrected chi connectivity index (χ2v) is 5.46. The predicted molar refractivity (Wildman–Crippen MR) is 72.1 cm³/mol. The molecule has 0 spiro atoms. The quantitative estimate of drug-likeness (QED) is 0.738. The van der Waals surface area contributed by atoms with Crippen LogP contribution < -0.4 is 0 Å². The van der Waals surface area contributed by atoms with Crippen molar-refractivity contribution in [2.75, 3.05) is 5.75 Å². The van der Waals surface area contributed by atoms with Crippen molar-refractivity contribution in [3.05, 3.63) is 35.1 Å². The number of rotatable bonds is 6. The van der Waals surface area contributed by atoms with E-state index >= 15 is 0 Å². The van der Waals surface area contributed by atoms with Gasteiger partial charge in [-0.3, -0.25) is 4.79 Å². The van der Waals surface area contributed by atoms with Crippen LogP contribution in [0.2, 0.25) is 0 Å². The Bertz CT molecular complexity index is 506. The Morgan fingerprint density at radius 3 is 2.55 bits per heavy atom. The number of carbonyl (C=O) groups is 2. The first-order valence-corrected chi connectivity index (χ1v) is 6.83. The number of aliphatic hydroxyl groups excluding tert-OH is 2. The minimum atomic E-state index is -1.45. The number of carbonyl (C=O) groups excluding carboxylic acids is 1. The summed E-state index contributed by atoms with van der Waals surface area (Å²) in [5.41, 5.74) is -0.448. The maximum Gasteiger partial charge on any atom is 0.338 e. The summed E-state index contributed by atoms with van der Waals surface area (Å²) >= 11 is 1.02. The number of hydrogen-bond donors (Lipinski definition) is 3. The molecular weight excluding hydrogens is 287 g/mol. The van der Waals surface area contributed by atoms with Gasteiger partial charge in [0.1, 0.15) is 11.9 Å². The fourth-order valence-electron chi connectivity index (χ4n) is 1.59. The Labute approximate surface area is 119 Å². The number of thioether (sulfide) groups is 1. The molecule has 2 atom stereocenters. The average molecular weight is 302 g/mol. The Kier molecular flexibility index (Phi) is 6.12. The molecule has 0 saturated carbocycles. The van der Waals surface area contributed by atoms with Gasteiger partial charge < -0.3 is 15.3 Å². The van der Waals surface area contributed by atoms with Gasteiger partial charge in [-0.1, -0.05) is 17.8 Å². The van der Waals surface area contributed by atoms with Crippen molar-refractivity contribution in [2.45, 2.75) is 25.6 Å². The molecule has 1 aromatic rings. The molecule has 1 aromatic carbocycles. The van der Waals surface area contributed by atoms with E-state index in [0.717, 1.165) is 23.9 Å². The molecule has 5 nitrogen and oxygen atoms in total. The summed E-state index contributed by atoms with van der Waals surface area (Å²) < 4.78 is 13.2. The van der Waals surface area contributed by atoms with E-state index in [1.807, 2.05) is 0 Å². The van der Waals surface area contributed by atoms with E-state index in [1.165, 1.54) is 13.0 Å². The summed E-state index contributed by atoms with van der Waals surface area (Å²) in [5, 5.41) is 28.4.